The SMILES string of the molecule is CN(Cc1cc(=O)c(O)co1)c1cccnc1. The Kier molecular flexibility index (Phi) is 3.09. The molecule has 5 heteroatoms. The molecule has 0 radical (unpaired) electrons. The smallest absolute Gasteiger partial charge is 0.226 e. The molecule has 0 aliphatic carbocycles. The van der Waals surface area contributed by atoms with E-state index < -0.39 is 5.43 Å². The summed E-state index contributed by atoms with van der Waals surface area (Å²) in [5.41, 5.74) is 0.481. The van der Waals surface area contributed by atoms with E-state index in [4.69, 9.17) is 9.52 Å². The quantitative estimate of drug-likeness (QED) is 0.865. The van der Waals surface area contributed by atoms with E-state index in [1.165, 1.54) is 6.07 Å². The van der Waals surface area contributed by atoms with Gasteiger partial charge in [-0.05, 0) is 12.1 Å². The van der Waals surface area contributed by atoms with E-state index in [0.717, 1.165) is 12.0 Å². The van der Waals surface area contributed by atoms with Gasteiger partial charge in [0.1, 0.15) is 12.0 Å². The highest BCUT2D eigenvalue weighted by Gasteiger charge is 2.06. The van der Waals surface area contributed by atoms with Crippen molar-refractivity contribution < 1.29 is 9.52 Å². The Bertz CT molecular complexity index is 551. The number of rotatable bonds is 3. The average molecular weight is 232 g/mol. The van der Waals surface area contributed by atoms with Crippen molar-refractivity contribution in [2.75, 3.05) is 11.9 Å². The molecule has 2 aromatic rings. The highest BCUT2D eigenvalue weighted by molar-refractivity contribution is 5.42. The van der Waals surface area contributed by atoms with Crippen LogP contribution in [0.5, 0.6) is 5.75 Å². The third-order valence-corrected chi connectivity index (χ3v) is 2.35. The van der Waals surface area contributed by atoms with Crippen LogP contribution in [-0.4, -0.2) is 17.1 Å². The maximum absolute atomic E-state index is 11.2. The Hall–Kier alpha value is -2.30. The molecule has 1 N–H and O–H groups in total. The number of aromatic hydroxyl groups is 1. The van der Waals surface area contributed by atoms with Crippen molar-refractivity contribution >= 4 is 5.69 Å². The molecule has 2 heterocycles. The Labute approximate surface area is 98.0 Å². The predicted molar refractivity (Wildman–Crippen MR) is 63.0 cm³/mol. The summed E-state index contributed by atoms with van der Waals surface area (Å²) < 4.78 is 5.12. The van der Waals surface area contributed by atoms with Crippen molar-refractivity contribution in [3.63, 3.8) is 0 Å². The fourth-order valence-electron chi connectivity index (χ4n) is 1.43. The molecule has 0 bridgehead atoms. The Morgan fingerprint density at radius 3 is 3.00 bits per heavy atom. The second-order valence-electron chi connectivity index (χ2n) is 3.66. The van der Waals surface area contributed by atoms with Crippen LogP contribution in [0.15, 0.2) is 46.1 Å². The van der Waals surface area contributed by atoms with Gasteiger partial charge in [0.2, 0.25) is 5.43 Å². The van der Waals surface area contributed by atoms with Gasteiger partial charge < -0.3 is 14.4 Å². The number of anilines is 1. The lowest BCUT2D eigenvalue weighted by atomic mass is 10.3. The molecular weight excluding hydrogens is 220 g/mol. The summed E-state index contributed by atoms with van der Waals surface area (Å²) in [7, 11) is 1.86. The highest BCUT2D eigenvalue weighted by Crippen LogP contribution is 2.13. The van der Waals surface area contributed by atoms with Gasteiger partial charge in [-0.2, -0.15) is 0 Å². The first-order valence-electron chi connectivity index (χ1n) is 5.08. The lowest BCUT2D eigenvalue weighted by molar-refractivity contribution is 0.412. The molecule has 88 valence electrons. The molecule has 2 rings (SSSR count). The number of nitrogens with zero attached hydrogens (tertiary/aromatic N) is 2. The zero-order valence-corrected chi connectivity index (χ0v) is 9.33. The van der Waals surface area contributed by atoms with E-state index in [1.807, 2.05) is 24.1 Å². The van der Waals surface area contributed by atoms with Gasteiger partial charge in [-0.15, -0.1) is 0 Å². The van der Waals surface area contributed by atoms with E-state index in [0.29, 0.717) is 12.3 Å². The molecule has 0 amide bonds. The van der Waals surface area contributed by atoms with Crippen molar-refractivity contribution in [2.45, 2.75) is 6.54 Å². The monoisotopic (exact) mass is 232 g/mol. The molecule has 0 saturated heterocycles. The van der Waals surface area contributed by atoms with Gasteiger partial charge in [-0.25, -0.2) is 0 Å². The fourth-order valence-corrected chi connectivity index (χ4v) is 1.43. The molecule has 0 fully saturated rings. The number of pyridine rings is 1. The summed E-state index contributed by atoms with van der Waals surface area (Å²) in [5.74, 6) is 0.108. The fraction of sp³-hybridized carbons (Fsp3) is 0.167. The molecule has 0 spiro atoms. The van der Waals surface area contributed by atoms with Gasteiger partial charge in [0.15, 0.2) is 5.75 Å². The van der Waals surface area contributed by atoms with Crippen LogP contribution in [-0.2, 0) is 6.54 Å². The maximum Gasteiger partial charge on any atom is 0.226 e. The van der Waals surface area contributed by atoms with Gasteiger partial charge in [-0.1, -0.05) is 0 Å². The van der Waals surface area contributed by atoms with Crippen LogP contribution < -0.4 is 10.3 Å². The molecule has 0 saturated carbocycles. The van der Waals surface area contributed by atoms with Crippen LogP contribution in [0, 0.1) is 0 Å². The molecule has 0 aliphatic heterocycles. The molecule has 0 aromatic carbocycles. The van der Waals surface area contributed by atoms with Gasteiger partial charge in [0.25, 0.3) is 0 Å². The minimum absolute atomic E-state index is 0.377. The average Bonchev–Trinajstić information content (AvgIpc) is 2.35. The lowest BCUT2D eigenvalue weighted by Gasteiger charge is -2.17. The van der Waals surface area contributed by atoms with Crippen LogP contribution >= 0.6 is 0 Å². The van der Waals surface area contributed by atoms with Crippen molar-refractivity contribution in [3.05, 3.63) is 52.8 Å². The van der Waals surface area contributed by atoms with E-state index in [1.54, 1.807) is 12.4 Å². The number of hydrogen-bond acceptors (Lipinski definition) is 5. The number of aromatic nitrogens is 1. The second kappa shape index (κ2) is 4.69. The van der Waals surface area contributed by atoms with Crippen LogP contribution in [0.25, 0.3) is 0 Å². The van der Waals surface area contributed by atoms with Crippen LogP contribution in [0.4, 0.5) is 5.69 Å². The lowest BCUT2D eigenvalue weighted by Crippen LogP contribution is -2.17. The van der Waals surface area contributed by atoms with Crippen molar-refractivity contribution in [1.82, 2.24) is 4.98 Å². The third-order valence-electron chi connectivity index (χ3n) is 2.35. The Balaban J connectivity index is 2.16. The summed E-state index contributed by atoms with van der Waals surface area (Å²) in [6, 6.07) is 5.02. The molecule has 0 atom stereocenters. The molecular formula is C12H12N2O3. The largest absolute Gasteiger partial charge is 0.502 e. The molecule has 0 aliphatic rings. The van der Waals surface area contributed by atoms with Gasteiger partial charge in [0.05, 0.1) is 18.4 Å². The topological polar surface area (TPSA) is 66.6 Å². The zero-order valence-electron chi connectivity index (χ0n) is 9.33. The summed E-state index contributed by atoms with van der Waals surface area (Å²) in [6.45, 7) is 0.432. The van der Waals surface area contributed by atoms with E-state index in [2.05, 4.69) is 4.98 Å². The Morgan fingerprint density at radius 2 is 2.35 bits per heavy atom. The second-order valence-corrected chi connectivity index (χ2v) is 3.66. The van der Waals surface area contributed by atoms with E-state index in [-0.39, 0.29) is 5.75 Å². The summed E-state index contributed by atoms with van der Waals surface area (Å²) in [4.78, 5) is 17.1. The van der Waals surface area contributed by atoms with E-state index in [9.17, 15) is 4.79 Å². The summed E-state index contributed by atoms with van der Waals surface area (Å²) >= 11 is 0. The van der Waals surface area contributed by atoms with Crippen molar-refractivity contribution in [2.24, 2.45) is 0 Å². The number of hydrogen-bond donors (Lipinski definition) is 1. The molecule has 0 unspecified atom stereocenters. The molecule has 2 aromatic heterocycles. The molecule has 17 heavy (non-hydrogen) atoms. The highest BCUT2D eigenvalue weighted by atomic mass is 16.4. The first kappa shape index (κ1) is 11.2. The predicted octanol–water partition coefficient (Wildman–Crippen LogP) is 1.38. The zero-order chi connectivity index (χ0) is 12.3. The summed E-state index contributed by atoms with van der Waals surface area (Å²) in [5, 5.41) is 9.07. The maximum atomic E-state index is 11.2. The van der Waals surface area contributed by atoms with Crippen LogP contribution in [0.2, 0.25) is 0 Å². The Morgan fingerprint density at radius 1 is 1.53 bits per heavy atom. The van der Waals surface area contributed by atoms with Gasteiger partial charge >= 0.3 is 0 Å². The first-order valence-corrected chi connectivity index (χ1v) is 5.08. The van der Waals surface area contributed by atoms with E-state index >= 15 is 0 Å². The first-order chi connectivity index (χ1) is 8.16. The minimum atomic E-state index is -0.439. The minimum Gasteiger partial charge on any atom is -0.502 e. The third kappa shape index (κ3) is 2.63. The van der Waals surface area contributed by atoms with Crippen LogP contribution in [0.1, 0.15) is 5.76 Å². The van der Waals surface area contributed by atoms with Gasteiger partial charge in [-0.3, -0.25) is 9.78 Å². The normalized spacial score (nSPS) is 10.2. The van der Waals surface area contributed by atoms with Crippen LogP contribution in [0.3, 0.4) is 0 Å². The summed E-state index contributed by atoms with van der Waals surface area (Å²) in [6.07, 6.45) is 4.46. The van der Waals surface area contributed by atoms with Crippen molar-refractivity contribution in [3.8, 4) is 5.75 Å². The van der Waals surface area contributed by atoms with Crippen molar-refractivity contribution in [1.29, 1.82) is 0 Å². The molecule has 5 nitrogen and oxygen atoms in total. The van der Waals surface area contributed by atoms with Gasteiger partial charge in [0, 0.05) is 19.3 Å². The standard InChI is InChI=1S/C12H12N2O3/c1-14(9-3-2-4-13-6-9)7-10-5-11(15)12(16)8-17-10/h2-6,8,16H,7H2,1H3.